The van der Waals surface area contributed by atoms with Gasteiger partial charge in [0.2, 0.25) is 5.91 Å². The normalized spacial score (nSPS) is 10.9. The van der Waals surface area contributed by atoms with E-state index in [0.29, 0.717) is 52.2 Å². The third-order valence-corrected chi connectivity index (χ3v) is 7.12. The molecule has 0 spiro atoms. The van der Waals surface area contributed by atoms with Gasteiger partial charge in [0.15, 0.2) is 11.6 Å². The van der Waals surface area contributed by atoms with Crippen molar-refractivity contribution in [1.82, 2.24) is 9.36 Å². The van der Waals surface area contributed by atoms with Gasteiger partial charge in [-0.25, -0.2) is 9.18 Å². The summed E-state index contributed by atoms with van der Waals surface area (Å²) in [6.45, 7) is 3.67. The molecule has 1 aromatic heterocycles. The Labute approximate surface area is 247 Å². The van der Waals surface area contributed by atoms with E-state index in [1.54, 1.807) is 50.4 Å². The molecule has 1 heterocycles. The predicted octanol–water partition coefficient (Wildman–Crippen LogP) is 7.07. The first-order chi connectivity index (χ1) is 20.7. The van der Waals surface area contributed by atoms with Crippen LogP contribution in [-0.2, 0) is 11.8 Å². The largest absolute Gasteiger partial charge is 0.495 e. The van der Waals surface area contributed by atoms with Crippen LogP contribution in [0.3, 0.4) is 0 Å². The van der Waals surface area contributed by atoms with Crippen molar-refractivity contribution in [2.75, 3.05) is 17.7 Å². The summed E-state index contributed by atoms with van der Waals surface area (Å²) in [5, 5.41) is 6.86. The van der Waals surface area contributed by atoms with E-state index in [1.807, 2.05) is 31.2 Å². The van der Waals surface area contributed by atoms with Gasteiger partial charge in [0, 0.05) is 36.3 Å². The number of anilines is 2. The minimum atomic E-state index is -0.730. The maximum absolute atomic E-state index is 15.3. The number of nitrogens with zero attached hydrogens (tertiary/aromatic N) is 2. The summed E-state index contributed by atoms with van der Waals surface area (Å²) in [6.07, 6.45) is 1.06. The highest BCUT2D eigenvalue weighted by Gasteiger charge is 2.21. The van der Waals surface area contributed by atoms with Crippen LogP contribution in [0.5, 0.6) is 17.2 Å². The van der Waals surface area contributed by atoms with Gasteiger partial charge >= 0.3 is 6.03 Å². The summed E-state index contributed by atoms with van der Waals surface area (Å²) in [7, 11) is 3.13. The standard InChI is InChI=1S/C33H31FN4O5/c1-5-10-30(39)36-26-19-24-22(17-29(26)42-4)13-9-14-27(24)43-28-16-15-23(18-25(28)34)35-33(41)38-32(40)31(20(2)37(38)3)21-11-7-6-8-12-21/h6-9,11-19H,5,10H2,1-4H3,(H,35,41)(H,36,39). The Kier molecular flexibility index (Phi) is 8.29. The highest BCUT2D eigenvalue weighted by molar-refractivity contribution is 5.99. The first-order valence-corrected chi connectivity index (χ1v) is 13.7. The number of hydrogen-bond acceptors (Lipinski definition) is 5. The average molecular weight is 583 g/mol. The molecule has 0 bridgehead atoms. The van der Waals surface area contributed by atoms with Gasteiger partial charge in [0.25, 0.3) is 5.56 Å². The number of aromatic nitrogens is 2. The van der Waals surface area contributed by atoms with E-state index >= 15 is 4.39 Å². The lowest BCUT2D eigenvalue weighted by molar-refractivity contribution is -0.116. The summed E-state index contributed by atoms with van der Waals surface area (Å²) in [6, 6.07) is 21.2. The number of fused-ring (bicyclic) bond motifs is 1. The number of methoxy groups -OCH3 is 1. The predicted molar refractivity (Wildman–Crippen MR) is 165 cm³/mol. The second-order valence-electron chi connectivity index (χ2n) is 9.97. The number of amides is 2. The second kappa shape index (κ2) is 12.2. The maximum atomic E-state index is 15.3. The summed E-state index contributed by atoms with van der Waals surface area (Å²) >= 11 is 0. The van der Waals surface area contributed by atoms with E-state index < -0.39 is 17.4 Å². The number of ether oxygens (including phenoxy) is 2. The van der Waals surface area contributed by atoms with Crippen molar-refractivity contribution in [2.45, 2.75) is 26.7 Å². The van der Waals surface area contributed by atoms with E-state index in [0.717, 1.165) is 16.1 Å². The van der Waals surface area contributed by atoms with E-state index in [4.69, 9.17) is 9.47 Å². The molecule has 4 aromatic carbocycles. The van der Waals surface area contributed by atoms with Gasteiger partial charge in [-0.2, -0.15) is 4.68 Å². The number of benzene rings is 4. The maximum Gasteiger partial charge on any atom is 0.348 e. The van der Waals surface area contributed by atoms with Crippen molar-refractivity contribution in [3.63, 3.8) is 0 Å². The molecule has 10 heteroatoms. The molecular weight excluding hydrogens is 551 g/mol. The molecule has 0 saturated carbocycles. The third kappa shape index (κ3) is 5.85. The number of halogens is 1. The molecule has 0 fully saturated rings. The molecule has 43 heavy (non-hydrogen) atoms. The SMILES string of the molecule is CCCC(=O)Nc1cc2c(Oc3ccc(NC(=O)n4c(=O)c(-c5ccccc5)c(C)n4C)cc3F)cccc2cc1OC. The minimum absolute atomic E-state index is 0.0730. The molecule has 0 saturated heterocycles. The van der Waals surface area contributed by atoms with Crippen molar-refractivity contribution >= 4 is 34.1 Å². The van der Waals surface area contributed by atoms with Crippen molar-refractivity contribution in [2.24, 2.45) is 7.05 Å². The van der Waals surface area contributed by atoms with Gasteiger partial charge in [-0.05, 0) is 54.6 Å². The van der Waals surface area contributed by atoms with Gasteiger partial charge in [-0.15, -0.1) is 0 Å². The molecule has 0 aliphatic carbocycles. The number of rotatable bonds is 8. The molecule has 2 N–H and O–H groups in total. The minimum Gasteiger partial charge on any atom is -0.495 e. The number of carbonyl (C=O) groups excluding carboxylic acids is 2. The fourth-order valence-electron chi connectivity index (χ4n) is 4.90. The quantitative estimate of drug-likeness (QED) is 0.204. The molecule has 0 aliphatic heterocycles. The number of hydrogen-bond donors (Lipinski definition) is 2. The fraction of sp³-hybridized carbons (Fsp3) is 0.182. The molecule has 0 atom stereocenters. The van der Waals surface area contributed by atoms with Crippen molar-refractivity contribution in [1.29, 1.82) is 0 Å². The molecule has 2 amide bonds. The van der Waals surface area contributed by atoms with Gasteiger partial charge in [0.1, 0.15) is 11.5 Å². The lowest BCUT2D eigenvalue weighted by atomic mass is 10.1. The molecule has 0 aliphatic rings. The Morgan fingerprint density at radius 2 is 1.67 bits per heavy atom. The molecular formula is C33H31FN4O5. The highest BCUT2D eigenvalue weighted by Crippen LogP contribution is 2.37. The summed E-state index contributed by atoms with van der Waals surface area (Å²) in [5.41, 5.74) is 1.86. The first kappa shape index (κ1) is 29.1. The third-order valence-electron chi connectivity index (χ3n) is 7.12. The van der Waals surface area contributed by atoms with Crippen LogP contribution >= 0.6 is 0 Å². The van der Waals surface area contributed by atoms with Crippen molar-refractivity contribution in [3.8, 4) is 28.4 Å². The molecule has 220 valence electrons. The molecule has 0 radical (unpaired) electrons. The van der Waals surface area contributed by atoms with E-state index in [-0.39, 0.29) is 17.3 Å². The Morgan fingerprint density at radius 1 is 0.907 bits per heavy atom. The molecule has 5 rings (SSSR count). The summed E-state index contributed by atoms with van der Waals surface area (Å²) < 4.78 is 29.1. The second-order valence-corrected chi connectivity index (χ2v) is 9.97. The Bertz CT molecular complexity index is 1900. The fourth-order valence-corrected chi connectivity index (χ4v) is 4.90. The smallest absolute Gasteiger partial charge is 0.348 e. The van der Waals surface area contributed by atoms with Crippen LogP contribution in [0, 0.1) is 12.7 Å². The lowest BCUT2D eigenvalue weighted by Gasteiger charge is -2.15. The number of nitrogens with one attached hydrogen (secondary N) is 2. The van der Waals surface area contributed by atoms with Gasteiger partial charge in [0.05, 0.1) is 18.4 Å². The van der Waals surface area contributed by atoms with Crippen LogP contribution in [0.1, 0.15) is 25.5 Å². The van der Waals surface area contributed by atoms with E-state index in [9.17, 15) is 14.4 Å². The van der Waals surface area contributed by atoms with Crippen LogP contribution in [-0.4, -0.2) is 28.4 Å². The van der Waals surface area contributed by atoms with Crippen LogP contribution in [0.4, 0.5) is 20.6 Å². The summed E-state index contributed by atoms with van der Waals surface area (Å²) in [5.74, 6) is -0.0903. The zero-order chi connectivity index (χ0) is 30.7. The van der Waals surface area contributed by atoms with E-state index in [1.165, 1.54) is 23.9 Å². The van der Waals surface area contributed by atoms with Crippen molar-refractivity contribution < 1.29 is 23.5 Å². The molecule has 5 aromatic rings. The number of carbonyl (C=O) groups is 2. The molecule has 9 nitrogen and oxygen atoms in total. The lowest BCUT2D eigenvalue weighted by Crippen LogP contribution is -2.33. The van der Waals surface area contributed by atoms with Crippen LogP contribution in [0.2, 0.25) is 0 Å². The van der Waals surface area contributed by atoms with Gasteiger partial charge in [-0.1, -0.05) is 49.4 Å². The van der Waals surface area contributed by atoms with Crippen LogP contribution in [0.25, 0.3) is 21.9 Å². The van der Waals surface area contributed by atoms with Crippen LogP contribution in [0.15, 0.2) is 83.7 Å². The Morgan fingerprint density at radius 3 is 2.37 bits per heavy atom. The Balaban J connectivity index is 1.40. The zero-order valence-electron chi connectivity index (χ0n) is 24.2. The topological polar surface area (TPSA) is 104 Å². The van der Waals surface area contributed by atoms with Gasteiger partial charge in [-0.3, -0.25) is 14.3 Å². The van der Waals surface area contributed by atoms with Crippen LogP contribution < -0.4 is 25.7 Å². The van der Waals surface area contributed by atoms with E-state index in [2.05, 4.69) is 10.6 Å². The Hall–Kier alpha value is -5.38. The monoisotopic (exact) mass is 582 g/mol. The molecule has 0 unspecified atom stereocenters. The first-order valence-electron chi connectivity index (χ1n) is 13.7. The zero-order valence-corrected chi connectivity index (χ0v) is 24.2. The summed E-state index contributed by atoms with van der Waals surface area (Å²) in [4.78, 5) is 38.6. The average Bonchev–Trinajstić information content (AvgIpc) is 3.22. The van der Waals surface area contributed by atoms with Gasteiger partial charge < -0.3 is 20.1 Å². The van der Waals surface area contributed by atoms with Crippen molar-refractivity contribution in [3.05, 3.63) is 101 Å². The highest BCUT2D eigenvalue weighted by atomic mass is 19.1.